The van der Waals surface area contributed by atoms with E-state index in [0.29, 0.717) is 6.04 Å². The van der Waals surface area contributed by atoms with Gasteiger partial charge in [0.25, 0.3) is 0 Å². The van der Waals surface area contributed by atoms with E-state index in [0.717, 1.165) is 50.9 Å². The summed E-state index contributed by atoms with van der Waals surface area (Å²) in [5.74, 6) is 1.79. The maximum absolute atomic E-state index is 4.46. The second kappa shape index (κ2) is 12.8. The van der Waals surface area contributed by atoms with E-state index in [1.165, 1.54) is 42.1 Å². The summed E-state index contributed by atoms with van der Waals surface area (Å²) in [6, 6.07) is 13.8. The minimum atomic E-state index is 0. The zero-order chi connectivity index (χ0) is 21.5. The first-order chi connectivity index (χ1) is 15.2. The molecule has 2 aromatic rings. The van der Waals surface area contributed by atoms with E-state index in [9.17, 15) is 0 Å². The molecule has 2 N–H and O–H groups in total. The fourth-order valence-corrected chi connectivity index (χ4v) is 5.37. The summed E-state index contributed by atoms with van der Waals surface area (Å²) >= 11 is 1.83. The Morgan fingerprint density at radius 1 is 1.03 bits per heavy atom. The predicted octanol–water partition coefficient (Wildman–Crippen LogP) is 4.93. The minimum Gasteiger partial charge on any atom is -0.363 e. The molecule has 2 aliphatic rings. The average molecular weight is 568 g/mol. The number of rotatable bonds is 6. The number of hydrogen-bond donors (Lipinski definition) is 2. The van der Waals surface area contributed by atoms with Crippen LogP contribution >= 0.6 is 35.3 Å². The number of likely N-dealkylation sites (tertiary alicyclic amines) is 1. The zero-order valence-corrected chi connectivity index (χ0v) is 22.6. The van der Waals surface area contributed by atoms with Gasteiger partial charge in [0.05, 0.1) is 5.00 Å². The Labute approximate surface area is 214 Å². The lowest BCUT2D eigenvalue weighted by atomic mass is 9.98. The van der Waals surface area contributed by atoms with Gasteiger partial charge in [0.1, 0.15) is 0 Å². The number of hydrogen-bond acceptors (Lipinski definition) is 4. The smallest absolute Gasteiger partial charge is 0.191 e. The van der Waals surface area contributed by atoms with Crippen molar-refractivity contribution in [1.29, 1.82) is 0 Å². The maximum atomic E-state index is 4.46. The molecule has 4 rings (SSSR count). The molecule has 0 amide bonds. The number of guanidine groups is 1. The predicted molar refractivity (Wildman–Crippen MR) is 148 cm³/mol. The van der Waals surface area contributed by atoms with Crippen molar-refractivity contribution in [3.63, 3.8) is 0 Å². The van der Waals surface area contributed by atoms with Gasteiger partial charge in [-0.15, -0.1) is 35.3 Å². The van der Waals surface area contributed by atoms with Crippen LogP contribution in [0.15, 0.2) is 46.8 Å². The maximum Gasteiger partial charge on any atom is 0.191 e. The quantitative estimate of drug-likeness (QED) is 0.295. The van der Waals surface area contributed by atoms with Crippen LogP contribution in [0.5, 0.6) is 0 Å². The Balaban J connectivity index is 0.00000289. The van der Waals surface area contributed by atoms with Gasteiger partial charge < -0.3 is 15.5 Å². The molecular weight excluding hydrogens is 529 g/mol. The highest BCUT2D eigenvalue weighted by molar-refractivity contribution is 14.0. The van der Waals surface area contributed by atoms with Crippen molar-refractivity contribution >= 4 is 46.3 Å². The van der Waals surface area contributed by atoms with Crippen LogP contribution in [0.25, 0.3) is 0 Å². The Morgan fingerprint density at radius 2 is 1.78 bits per heavy atom. The number of thiophene rings is 1. The van der Waals surface area contributed by atoms with Gasteiger partial charge >= 0.3 is 0 Å². The molecule has 0 radical (unpaired) electrons. The summed E-state index contributed by atoms with van der Waals surface area (Å²) in [5.41, 5.74) is 2.73. The Hall–Kier alpha value is -1.32. The number of benzene rings is 1. The van der Waals surface area contributed by atoms with E-state index in [1.54, 1.807) is 0 Å². The molecule has 0 spiro atoms. The van der Waals surface area contributed by atoms with E-state index in [1.807, 2.05) is 18.4 Å². The topological polar surface area (TPSA) is 42.9 Å². The standard InChI is InChI=1S/C25H37N5S.HI/c1-20-8-12-29(13-9-20)19-22-6-3-5-21(17-22)18-27-25(26-2)28-23-10-14-30(15-11-23)24-7-4-16-31-24;/h3-7,16-17,20,23H,8-15,18-19H2,1-2H3,(H2,26,27,28);1H. The van der Waals surface area contributed by atoms with Crippen molar-refractivity contribution in [1.82, 2.24) is 15.5 Å². The van der Waals surface area contributed by atoms with E-state index in [2.05, 4.69) is 74.1 Å². The SMILES string of the molecule is CN=C(NCc1cccc(CN2CCC(C)CC2)c1)NC1CCN(c2cccs2)CC1.I. The van der Waals surface area contributed by atoms with Crippen LogP contribution in [0, 0.1) is 5.92 Å². The third-order valence-electron chi connectivity index (χ3n) is 6.61. The monoisotopic (exact) mass is 567 g/mol. The zero-order valence-electron chi connectivity index (χ0n) is 19.4. The van der Waals surface area contributed by atoms with Gasteiger partial charge in [-0.3, -0.25) is 9.89 Å². The number of piperidine rings is 2. The highest BCUT2D eigenvalue weighted by atomic mass is 127. The molecule has 0 unspecified atom stereocenters. The number of nitrogens with one attached hydrogen (secondary N) is 2. The normalized spacial score (nSPS) is 18.9. The van der Waals surface area contributed by atoms with Crippen LogP contribution in [0.3, 0.4) is 0 Å². The van der Waals surface area contributed by atoms with Gasteiger partial charge in [-0.1, -0.05) is 31.2 Å². The lowest BCUT2D eigenvalue weighted by Gasteiger charge is -2.33. The molecule has 5 nitrogen and oxygen atoms in total. The lowest BCUT2D eigenvalue weighted by Crippen LogP contribution is -2.48. The van der Waals surface area contributed by atoms with Crippen LogP contribution < -0.4 is 15.5 Å². The molecule has 3 heterocycles. The van der Waals surface area contributed by atoms with E-state index in [-0.39, 0.29) is 24.0 Å². The molecule has 32 heavy (non-hydrogen) atoms. The molecule has 2 aliphatic heterocycles. The van der Waals surface area contributed by atoms with Crippen molar-refractivity contribution in [3.05, 3.63) is 52.9 Å². The molecule has 0 atom stereocenters. The van der Waals surface area contributed by atoms with Gasteiger partial charge in [-0.05, 0) is 73.3 Å². The first-order valence-electron chi connectivity index (χ1n) is 11.8. The van der Waals surface area contributed by atoms with E-state index >= 15 is 0 Å². The fraction of sp³-hybridized carbons (Fsp3) is 0.560. The van der Waals surface area contributed by atoms with Crippen molar-refractivity contribution in [2.75, 3.05) is 38.1 Å². The molecular formula is C25H38IN5S. The van der Waals surface area contributed by atoms with Gasteiger partial charge in [0, 0.05) is 39.3 Å². The van der Waals surface area contributed by atoms with Crippen LogP contribution in [0.1, 0.15) is 43.7 Å². The Morgan fingerprint density at radius 3 is 2.47 bits per heavy atom. The van der Waals surface area contributed by atoms with Gasteiger partial charge in [0.15, 0.2) is 5.96 Å². The van der Waals surface area contributed by atoms with Crippen LogP contribution in [0.2, 0.25) is 0 Å². The van der Waals surface area contributed by atoms with Crippen molar-refractivity contribution in [3.8, 4) is 0 Å². The molecule has 176 valence electrons. The summed E-state index contributed by atoms with van der Waals surface area (Å²) in [7, 11) is 1.86. The second-order valence-electron chi connectivity index (χ2n) is 9.06. The second-order valence-corrected chi connectivity index (χ2v) is 9.99. The Bertz CT molecular complexity index is 825. The Kier molecular flexibility index (Phi) is 10.1. The molecule has 1 aromatic carbocycles. The molecule has 0 bridgehead atoms. The highest BCUT2D eigenvalue weighted by Gasteiger charge is 2.20. The van der Waals surface area contributed by atoms with Gasteiger partial charge in [0.2, 0.25) is 0 Å². The third kappa shape index (κ3) is 7.35. The van der Waals surface area contributed by atoms with Gasteiger partial charge in [-0.25, -0.2) is 0 Å². The molecule has 0 saturated carbocycles. The summed E-state index contributed by atoms with van der Waals surface area (Å²) in [4.78, 5) is 9.55. The molecule has 7 heteroatoms. The largest absolute Gasteiger partial charge is 0.363 e. The van der Waals surface area contributed by atoms with Gasteiger partial charge in [-0.2, -0.15) is 0 Å². The number of nitrogens with zero attached hydrogens (tertiary/aromatic N) is 3. The van der Waals surface area contributed by atoms with Crippen molar-refractivity contribution in [2.24, 2.45) is 10.9 Å². The lowest BCUT2D eigenvalue weighted by molar-refractivity contribution is 0.185. The van der Waals surface area contributed by atoms with Crippen LogP contribution in [-0.4, -0.2) is 50.1 Å². The van der Waals surface area contributed by atoms with E-state index in [4.69, 9.17) is 0 Å². The number of aliphatic imine (C=N–C) groups is 1. The minimum absolute atomic E-state index is 0. The van der Waals surface area contributed by atoms with Crippen molar-refractivity contribution < 1.29 is 0 Å². The molecule has 1 aromatic heterocycles. The van der Waals surface area contributed by atoms with Crippen LogP contribution in [0.4, 0.5) is 5.00 Å². The molecule has 2 fully saturated rings. The van der Waals surface area contributed by atoms with Crippen LogP contribution in [-0.2, 0) is 13.1 Å². The first kappa shape index (κ1) is 25.3. The molecule has 2 saturated heterocycles. The van der Waals surface area contributed by atoms with Crippen molar-refractivity contribution in [2.45, 2.75) is 51.7 Å². The van der Waals surface area contributed by atoms with E-state index < -0.39 is 0 Å². The summed E-state index contributed by atoms with van der Waals surface area (Å²) in [6.45, 7) is 8.91. The highest BCUT2D eigenvalue weighted by Crippen LogP contribution is 2.24. The fourth-order valence-electron chi connectivity index (χ4n) is 4.58. The average Bonchev–Trinajstić information content (AvgIpc) is 3.34. The summed E-state index contributed by atoms with van der Waals surface area (Å²) in [6.07, 6.45) is 4.94. The first-order valence-corrected chi connectivity index (χ1v) is 12.6. The molecule has 0 aliphatic carbocycles. The summed E-state index contributed by atoms with van der Waals surface area (Å²) in [5, 5.41) is 10.7. The third-order valence-corrected chi connectivity index (χ3v) is 7.54. The number of halogens is 1. The summed E-state index contributed by atoms with van der Waals surface area (Å²) < 4.78 is 0. The number of anilines is 1.